The Bertz CT molecular complexity index is 869. The van der Waals surface area contributed by atoms with E-state index < -0.39 is 12.2 Å². The van der Waals surface area contributed by atoms with Gasteiger partial charge < -0.3 is 20.5 Å². The van der Waals surface area contributed by atoms with Gasteiger partial charge in [-0.3, -0.25) is 0 Å². The summed E-state index contributed by atoms with van der Waals surface area (Å²) in [7, 11) is 0. The normalized spacial score (nSPS) is 20.6. The van der Waals surface area contributed by atoms with E-state index in [4.69, 9.17) is 15.2 Å². The second-order valence-electron chi connectivity index (χ2n) is 12.6. The molecular formula is C32H54N2O4. The second-order valence-corrected chi connectivity index (χ2v) is 12.6. The van der Waals surface area contributed by atoms with E-state index in [2.05, 4.69) is 52.1 Å². The molecule has 216 valence electrons. The highest BCUT2D eigenvalue weighted by Crippen LogP contribution is 2.46. The molecule has 6 nitrogen and oxygen atoms in total. The van der Waals surface area contributed by atoms with Gasteiger partial charge in [-0.15, -0.1) is 0 Å². The second kappa shape index (κ2) is 16.0. The third-order valence-electron chi connectivity index (χ3n) is 7.79. The van der Waals surface area contributed by atoms with Gasteiger partial charge in [0.2, 0.25) is 0 Å². The van der Waals surface area contributed by atoms with Gasteiger partial charge in [0.15, 0.2) is 0 Å². The SMILES string of the molecule is CCCCCCCc1ccc(OC(=O)NCC2(C)CC(OC(N)=O)CC(C)(C)C2)c(CCCCCCC)c1. The summed E-state index contributed by atoms with van der Waals surface area (Å²) < 4.78 is 11.2. The van der Waals surface area contributed by atoms with Crippen LogP contribution in [0.25, 0.3) is 0 Å². The molecule has 0 radical (unpaired) electrons. The summed E-state index contributed by atoms with van der Waals surface area (Å²) in [4.78, 5) is 24.3. The van der Waals surface area contributed by atoms with Crippen molar-refractivity contribution in [2.24, 2.45) is 16.6 Å². The number of nitrogens with two attached hydrogens (primary N) is 1. The van der Waals surface area contributed by atoms with Crippen molar-refractivity contribution in [3.63, 3.8) is 0 Å². The summed E-state index contributed by atoms with van der Waals surface area (Å²) in [6, 6.07) is 6.34. The van der Waals surface area contributed by atoms with Crippen LogP contribution in [0.1, 0.15) is 129 Å². The quantitative estimate of drug-likeness (QED) is 0.210. The molecule has 6 heteroatoms. The summed E-state index contributed by atoms with van der Waals surface area (Å²) in [5, 5.41) is 3.00. The number of primary amides is 1. The van der Waals surface area contributed by atoms with E-state index in [1.54, 1.807) is 0 Å². The molecule has 1 aromatic rings. The van der Waals surface area contributed by atoms with Crippen LogP contribution in [-0.4, -0.2) is 24.8 Å². The Labute approximate surface area is 231 Å². The first kappa shape index (κ1) is 32.0. The van der Waals surface area contributed by atoms with Gasteiger partial charge in [0.1, 0.15) is 11.9 Å². The molecule has 2 rings (SSSR count). The fourth-order valence-electron chi connectivity index (χ4n) is 6.28. The predicted octanol–water partition coefficient (Wildman–Crippen LogP) is 8.48. The standard InChI is InChI=1S/C32H54N2O4/c1-6-8-10-12-14-16-25-18-19-28(26(20-25)17-15-13-11-9-7-2)38-30(36)34-24-32(5)22-27(37-29(33)35)21-31(3,4)23-32/h18-20,27H,6-17,21-24H2,1-5H3,(H2,33,35)(H,34,36). The molecule has 1 saturated carbocycles. The number of rotatable bonds is 16. The Hall–Kier alpha value is -2.24. The predicted molar refractivity (Wildman–Crippen MR) is 156 cm³/mol. The number of nitrogens with one attached hydrogen (secondary N) is 1. The lowest BCUT2D eigenvalue weighted by Crippen LogP contribution is -2.47. The minimum atomic E-state index is -0.742. The minimum Gasteiger partial charge on any atom is -0.446 e. The molecule has 0 aliphatic heterocycles. The van der Waals surface area contributed by atoms with E-state index in [0.29, 0.717) is 18.7 Å². The number of ether oxygens (including phenoxy) is 2. The first-order valence-electron chi connectivity index (χ1n) is 15.1. The van der Waals surface area contributed by atoms with Crippen LogP contribution in [0, 0.1) is 10.8 Å². The number of carbonyl (C=O) groups is 2. The van der Waals surface area contributed by atoms with Crippen LogP contribution in [0.5, 0.6) is 5.75 Å². The smallest absolute Gasteiger partial charge is 0.412 e. The van der Waals surface area contributed by atoms with Crippen molar-refractivity contribution in [2.75, 3.05) is 6.54 Å². The molecule has 0 heterocycles. The van der Waals surface area contributed by atoms with Crippen molar-refractivity contribution < 1.29 is 19.1 Å². The number of amides is 2. The van der Waals surface area contributed by atoms with Gasteiger partial charge in [-0.1, -0.05) is 98.1 Å². The van der Waals surface area contributed by atoms with Crippen molar-refractivity contribution in [1.29, 1.82) is 0 Å². The van der Waals surface area contributed by atoms with Crippen molar-refractivity contribution in [3.8, 4) is 5.75 Å². The largest absolute Gasteiger partial charge is 0.446 e. The van der Waals surface area contributed by atoms with Gasteiger partial charge in [-0.05, 0) is 73.0 Å². The average Bonchev–Trinajstić information content (AvgIpc) is 2.82. The van der Waals surface area contributed by atoms with Gasteiger partial charge in [0, 0.05) is 6.54 Å². The number of benzene rings is 1. The topological polar surface area (TPSA) is 90.7 Å². The summed E-state index contributed by atoms with van der Waals surface area (Å²) in [5.74, 6) is 0.664. The molecule has 1 fully saturated rings. The number of aryl methyl sites for hydroxylation is 2. The van der Waals surface area contributed by atoms with Gasteiger partial charge >= 0.3 is 12.2 Å². The molecule has 2 amide bonds. The Balaban J connectivity index is 2.00. The molecule has 0 bridgehead atoms. The maximum Gasteiger partial charge on any atom is 0.412 e. The molecule has 1 aliphatic carbocycles. The fourth-order valence-corrected chi connectivity index (χ4v) is 6.28. The third-order valence-corrected chi connectivity index (χ3v) is 7.79. The van der Waals surface area contributed by atoms with E-state index >= 15 is 0 Å². The molecule has 0 saturated heterocycles. The average molecular weight is 531 g/mol. The van der Waals surface area contributed by atoms with Crippen LogP contribution in [0.4, 0.5) is 9.59 Å². The molecule has 1 aliphatic rings. The van der Waals surface area contributed by atoms with Crippen molar-refractivity contribution in [3.05, 3.63) is 29.3 Å². The zero-order valence-electron chi connectivity index (χ0n) is 24.8. The van der Waals surface area contributed by atoms with Crippen LogP contribution in [0.3, 0.4) is 0 Å². The molecule has 0 aromatic heterocycles. The molecule has 38 heavy (non-hydrogen) atoms. The van der Waals surface area contributed by atoms with Gasteiger partial charge in [-0.25, -0.2) is 9.59 Å². The zero-order chi connectivity index (χ0) is 28.0. The first-order valence-corrected chi connectivity index (χ1v) is 15.1. The number of unbranched alkanes of at least 4 members (excludes halogenated alkanes) is 8. The monoisotopic (exact) mass is 530 g/mol. The molecule has 2 atom stereocenters. The number of hydrogen-bond donors (Lipinski definition) is 2. The summed E-state index contributed by atoms with van der Waals surface area (Å²) in [6.45, 7) is 11.4. The number of carbonyl (C=O) groups excluding carboxylic acids is 2. The molecule has 3 N–H and O–H groups in total. The lowest BCUT2D eigenvalue weighted by atomic mass is 9.63. The summed E-state index contributed by atoms with van der Waals surface area (Å²) in [5.41, 5.74) is 7.51. The van der Waals surface area contributed by atoms with Crippen LogP contribution in [0.2, 0.25) is 0 Å². The van der Waals surface area contributed by atoms with E-state index in [-0.39, 0.29) is 16.9 Å². The maximum atomic E-state index is 12.9. The Morgan fingerprint density at radius 2 is 1.55 bits per heavy atom. The molecule has 0 spiro atoms. The molecule has 2 unspecified atom stereocenters. The van der Waals surface area contributed by atoms with Crippen molar-refractivity contribution in [1.82, 2.24) is 5.32 Å². The van der Waals surface area contributed by atoms with E-state index in [9.17, 15) is 9.59 Å². The number of hydrogen-bond acceptors (Lipinski definition) is 4. The fraction of sp³-hybridized carbons (Fsp3) is 0.750. The first-order chi connectivity index (χ1) is 18.1. The highest BCUT2D eigenvalue weighted by atomic mass is 16.6. The van der Waals surface area contributed by atoms with Gasteiger partial charge in [0.05, 0.1) is 0 Å². The van der Waals surface area contributed by atoms with Crippen LogP contribution >= 0.6 is 0 Å². The van der Waals surface area contributed by atoms with Crippen molar-refractivity contribution in [2.45, 2.75) is 137 Å². The third kappa shape index (κ3) is 12.1. The maximum absolute atomic E-state index is 12.9. The zero-order valence-corrected chi connectivity index (χ0v) is 24.8. The summed E-state index contributed by atoms with van der Waals surface area (Å²) in [6.07, 6.45) is 15.3. The van der Waals surface area contributed by atoms with E-state index in [1.165, 1.54) is 63.4 Å². The lowest BCUT2D eigenvalue weighted by Gasteiger charge is -2.45. The molecular weight excluding hydrogens is 476 g/mol. The van der Waals surface area contributed by atoms with E-state index in [0.717, 1.165) is 37.7 Å². The van der Waals surface area contributed by atoms with Crippen LogP contribution < -0.4 is 15.8 Å². The highest BCUT2D eigenvalue weighted by Gasteiger charge is 2.42. The van der Waals surface area contributed by atoms with Crippen molar-refractivity contribution >= 4 is 12.2 Å². The highest BCUT2D eigenvalue weighted by molar-refractivity contribution is 5.71. The Morgan fingerprint density at radius 3 is 2.18 bits per heavy atom. The Morgan fingerprint density at radius 1 is 0.921 bits per heavy atom. The van der Waals surface area contributed by atoms with Gasteiger partial charge in [0.25, 0.3) is 0 Å². The molecule has 1 aromatic carbocycles. The van der Waals surface area contributed by atoms with E-state index in [1.807, 2.05) is 6.07 Å². The lowest BCUT2D eigenvalue weighted by molar-refractivity contribution is -0.0163. The van der Waals surface area contributed by atoms with Crippen LogP contribution in [-0.2, 0) is 17.6 Å². The van der Waals surface area contributed by atoms with Crippen LogP contribution in [0.15, 0.2) is 18.2 Å². The van der Waals surface area contributed by atoms with Gasteiger partial charge in [-0.2, -0.15) is 0 Å². The Kier molecular flexibility index (Phi) is 13.5. The summed E-state index contributed by atoms with van der Waals surface area (Å²) >= 11 is 0. The minimum absolute atomic E-state index is 0.0178.